The van der Waals surface area contributed by atoms with Crippen LogP contribution in [0.3, 0.4) is 0 Å². The van der Waals surface area contributed by atoms with Crippen LogP contribution in [0.5, 0.6) is 11.6 Å². The summed E-state index contributed by atoms with van der Waals surface area (Å²) in [5.74, 6) is -1.83. The van der Waals surface area contributed by atoms with Gasteiger partial charge in [0.05, 0.1) is 19.3 Å². The van der Waals surface area contributed by atoms with Gasteiger partial charge in [-0.1, -0.05) is 11.6 Å². The second-order valence-corrected chi connectivity index (χ2v) is 8.02. The van der Waals surface area contributed by atoms with E-state index in [1.54, 1.807) is 6.07 Å². The number of nitrogens with zero attached hydrogens (tertiary/aromatic N) is 1. The summed E-state index contributed by atoms with van der Waals surface area (Å²) in [7, 11) is 0. The zero-order chi connectivity index (χ0) is 20.3. The minimum Gasteiger partial charge on any atom is -0.488 e. The summed E-state index contributed by atoms with van der Waals surface area (Å²) in [6, 6.07) is 1.53. The maximum atomic E-state index is 12.9. The predicted molar refractivity (Wildman–Crippen MR) is 99.1 cm³/mol. The lowest BCUT2D eigenvalue weighted by Gasteiger charge is -2.36. The SMILES string of the molecule is CC(=O)N[C@@H](C)CO[C@H]1C[C@H](COc2nccc(OC3CC(F)(F)C3)c2Cl)C1. The lowest BCUT2D eigenvalue weighted by atomic mass is 9.83. The van der Waals surface area contributed by atoms with Crippen LogP contribution in [0, 0.1) is 5.92 Å². The third-order valence-corrected chi connectivity index (χ3v) is 5.20. The highest BCUT2D eigenvalue weighted by molar-refractivity contribution is 6.33. The molecule has 9 heteroatoms. The van der Waals surface area contributed by atoms with Crippen molar-refractivity contribution in [1.29, 1.82) is 0 Å². The van der Waals surface area contributed by atoms with E-state index in [9.17, 15) is 13.6 Å². The van der Waals surface area contributed by atoms with Gasteiger partial charge in [0.1, 0.15) is 16.9 Å². The van der Waals surface area contributed by atoms with Crippen molar-refractivity contribution in [3.05, 3.63) is 17.3 Å². The van der Waals surface area contributed by atoms with Crippen LogP contribution in [0.25, 0.3) is 0 Å². The summed E-state index contributed by atoms with van der Waals surface area (Å²) in [5.41, 5.74) is 0. The lowest BCUT2D eigenvalue weighted by molar-refractivity contribution is -0.134. The molecule has 28 heavy (non-hydrogen) atoms. The highest BCUT2D eigenvalue weighted by Gasteiger charge is 2.47. The molecule has 0 unspecified atom stereocenters. The molecule has 0 bridgehead atoms. The van der Waals surface area contributed by atoms with Gasteiger partial charge < -0.3 is 19.5 Å². The Bertz CT molecular complexity index is 693. The van der Waals surface area contributed by atoms with Crippen molar-refractivity contribution in [3.8, 4) is 11.6 Å². The van der Waals surface area contributed by atoms with Crippen LogP contribution >= 0.6 is 11.6 Å². The number of carbonyl (C=O) groups is 1. The van der Waals surface area contributed by atoms with E-state index in [1.807, 2.05) is 6.92 Å². The fourth-order valence-corrected chi connectivity index (χ4v) is 3.49. The number of ether oxygens (including phenoxy) is 3. The van der Waals surface area contributed by atoms with Gasteiger partial charge in [0.25, 0.3) is 5.92 Å². The first-order valence-corrected chi connectivity index (χ1v) is 9.80. The standard InChI is InChI=1S/C19H25ClF2N2O4/c1-11(24-12(2)25)9-26-14-5-13(6-14)10-27-18-17(20)16(3-4-23-18)28-15-7-19(21,22)8-15/h3-4,11,13-15H,5-10H2,1-2H3,(H,24,25)/t11-,13-,14-/m0/s1. The van der Waals surface area contributed by atoms with Crippen LogP contribution in [0.15, 0.2) is 12.3 Å². The molecule has 1 aromatic rings. The van der Waals surface area contributed by atoms with Crippen LogP contribution in [0.4, 0.5) is 8.78 Å². The zero-order valence-corrected chi connectivity index (χ0v) is 16.7. The van der Waals surface area contributed by atoms with Gasteiger partial charge in [-0.05, 0) is 25.7 Å². The van der Waals surface area contributed by atoms with Gasteiger partial charge in [0.15, 0.2) is 0 Å². The number of amides is 1. The van der Waals surface area contributed by atoms with Gasteiger partial charge in [-0.15, -0.1) is 0 Å². The van der Waals surface area contributed by atoms with Gasteiger partial charge in [-0.25, -0.2) is 13.8 Å². The van der Waals surface area contributed by atoms with E-state index < -0.39 is 12.0 Å². The fraction of sp³-hybridized carbons (Fsp3) is 0.684. The average Bonchev–Trinajstić information content (AvgIpc) is 2.53. The highest BCUT2D eigenvalue weighted by atomic mass is 35.5. The third kappa shape index (κ3) is 5.67. The van der Waals surface area contributed by atoms with Crippen molar-refractivity contribution >= 4 is 17.5 Å². The Balaban J connectivity index is 1.38. The van der Waals surface area contributed by atoms with E-state index in [-0.39, 0.29) is 41.8 Å². The number of nitrogens with one attached hydrogen (secondary N) is 1. The molecule has 1 heterocycles. The Hall–Kier alpha value is -1.67. The highest BCUT2D eigenvalue weighted by Crippen LogP contribution is 2.42. The van der Waals surface area contributed by atoms with Gasteiger partial charge in [0, 0.05) is 38.1 Å². The lowest BCUT2D eigenvalue weighted by Crippen LogP contribution is -2.43. The quantitative estimate of drug-likeness (QED) is 0.663. The molecule has 1 N–H and O–H groups in total. The normalized spacial score (nSPS) is 24.6. The minimum atomic E-state index is -2.65. The van der Waals surface area contributed by atoms with Gasteiger partial charge >= 0.3 is 0 Å². The van der Waals surface area contributed by atoms with E-state index in [2.05, 4.69) is 10.3 Å². The summed E-state index contributed by atoms with van der Waals surface area (Å²) in [4.78, 5) is 15.1. The van der Waals surface area contributed by atoms with Crippen molar-refractivity contribution < 1.29 is 27.8 Å². The fourth-order valence-electron chi connectivity index (χ4n) is 3.28. The van der Waals surface area contributed by atoms with Gasteiger partial charge in [-0.3, -0.25) is 4.79 Å². The molecule has 2 aliphatic rings. The topological polar surface area (TPSA) is 69.7 Å². The monoisotopic (exact) mass is 418 g/mol. The largest absolute Gasteiger partial charge is 0.488 e. The molecular weight excluding hydrogens is 394 g/mol. The Kier molecular flexibility index (Phi) is 6.60. The molecule has 0 spiro atoms. The van der Waals surface area contributed by atoms with E-state index in [0.717, 1.165) is 12.8 Å². The Morgan fingerprint density at radius 2 is 2.11 bits per heavy atom. The van der Waals surface area contributed by atoms with Crippen LogP contribution in [0.2, 0.25) is 5.02 Å². The molecule has 3 rings (SSSR count). The van der Waals surface area contributed by atoms with E-state index >= 15 is 0 Å². The van der Waals surface area contributed by atoms with E-state index in [1.165, 1.54) is 13.1 Å². The number of halogens is 3. The number of hydrogen-bond donors (Lipinski definition) is 1. The first kappa shape index (κ1) is 21.0. The molecule has 0 aromatic carbocycles. The smallest absolute Gasteiger partial charge is 0.255 e. The van der Waals surface area contributed by atoms with E-state index in [0.29, 0.717) is 24.9 Å². The first-order chi connectivity index (χ1) is 13.2. The average molecular weight is 419 g/mol. The second kappa shape index (κ2) is 8.78. The molecule has 0 radical (unpaired) electrons. The molecule has 6 nitrogen and oxygen atoms in total. The maximum Gasteiger partial charge on any atom is 0.255 e. The summed E-state index contributed by atoms with van der Waals surface area (Å²) in [6.07, 6.45) is 2.23. The van der Waals surface area contributed by atoms with Crippen molar-refractivity contribution in [2.45, 2.75) is 63.7 Å². The molecule has 156 valence electrons. The van der Waals surface area contributed by atoms with E-state index in [4.69, 9.17) is 25.8 Å². The molecule has 0 saturated heterocycles. The minimum absolute atomic E-state index is 0.0193. The molecule has 0 aliphatic heterocycles. The molecule has 2 aliphatic carbocycles. The van der Waals surface area contributed by atoms with Crippen molar-refractivity contribution in [2.75, 3.05) is 13.2 Å². The second-order valence-electron chi connectivity index (χ2n) is 7.64. The number of pyridine rings is 1. The number of aromatic nitrogens is 1. The summed E-state index contributed by atoms with van der Waals surface area (Å²) in [5, 5.41) is 2.98. The van der Waals surface area contributed by atoms with Gasteiger partial charge in [0.2, 0.25) is 11.8 Å². The molecule has 1 atom stereocenters. The van der Waals surface area contributed by atoms with Crippen molar-refractivity contribution in [1.82, 2.24) is 10.3 Å². The van der Waals surface area contributed by atoms with Gasteiger partial charge in [-0.2, -0.15) is 0 Å². The summed E-state index contributed by atoms with van der Waals surface area (Å²) in [6.45, 7) is 4.30. The predicted octanol–water partition coefficient (Wildman–Crippen LogP) is 3.61. The Morgan fingerprint density at radius 3 is 2.75 bits per heavy atom. The Labute approximate surface area is 167 Å². The zero-order valence-electron chi connectivity index (χ0n) is 15.9. The third-order valence-electron chi connectivity index (χ3n) is 4.85. The van der Waals surface area contributed by atoms with Crippen molar-refractivity contribution in [2.24, 2.45) is 5.92 Å². The summed E-state index contributed by atoms with van der Waals surface area (Å²) < 4.78 is 42.8. The number of rotatable bonds is 9. The number of carbonyl (C=O) groups excluding carboxylic acids is 1. The summed E-state index contributed by atoms with van der Waals surface area (Å²) >= 11 is 6.25. The maximum absolute atomic E-state index is 12.9. The van der Waals surface area contributed by atoms with Crippen LogP contribution in [-0.2, 0) is 9.53 Å². The first-order valence-electron chi connectivity index (χ1n) is 9.42. The molecule has 2 saturated carbocycles. The molecule has 1 aromatic heterocycles. The number of hydrogen-bond acceptors (Lipinski definition) is 5. The van der Waals surface area contributed by atoms with Crippen LogP contribution in [0.1, 0.15) is 39.5 Å². The molecular formula is C19H25ClF2N2O4. The number of alkyl halides is 2. The Morgan fingerprint density at radius 1 is 1.39 bits per heavy atom. The van der Waals surface area contributed by atoms with Crippen LogP contribution in [-0.4, -0.2) is 48.3 Å². The van der Waals surface area contributed by atoms with Crippen LogP contribution < -0.4 is 14.8 Å². The van der Waals surface area contributed by atoms with Crippen molar-refractivity contribution in [3.63, 3.8) is 0 Å². The molecule has 1 amide bonds. The molecule has 2 fully saturated rings.